The molecule has 0 unspecified atom stereocenters. The highest BCUT2D eigenvalue weighted by molar-refractivity contribution is 7.80. The van der Waals surface area contributed by atoms with Gasteiger partial charge < -0.3 is 10.2 Å². The average molecular weight is 430 g/mol. The van der Waals surface area contributed by atoms with Gasteiger partial charge in [0.1, 0.15) is 0 Å². The van der Waals surface area contributed by atoms with E-state index in [0.29, 0.717) is 21.8 Å². The van der Waals surface area contributed by atoms with Gasteiger partial charge in [-0.15, -0.1) is 0 Å². The molecule has 0 saturated heterocycles. The van der Waals surface area contributed by atoms with Crippen LogP contribution in [-0.2, 0) is 0 Å². The molecular weight excluding hydrogens is 406 g/mol. The number of nitrogens with zero attached hydrogens (tertiary/aromatic N) is 1. The highest BCUT2D eigenvalue weighted by atomic mass is 35.5. The Balaban J connectivity index is 1.70. The zero-order valence-electron chi connectivity index (χ0n) is 16.3. The number of thiocarbonyl (C=S) groups is 1. The smallest absolute Gasteiger partial charge is 0.258 e. The predicted molar refractivity (Wildman–Crippen MR) is 121 cm³/mol. The second-order valence-electron chi connectivity index (χ2n) is 7.14. The van der Waals surface area contributed by atoms with E-state index in [1.165, 1.54) is 6.42 Å². The summed E-state index contributed by atoms with van der Waals surface area (Å²) in [6.07, 6.45) is 5.60. The fourth-order valence-corrected chi connectivity index (χ4v) is 4.00. The molecule has 2 aromatic carbocycles. The maximum absolute atomic E-state index is 13.1. The third-order valence-electron chi connectivity index (χ3n) is 5.19. The first-order valence-electron chi connectivity index (χ1n) is 9.70. The number of benzene rings is 2. The Morgan fingerprint density at radius 3 is 2.31 bits per heavy atom. The van der Waals surface area contributed by atoms with E-state index in [0.717, 1.165) is 25.7 Å². The zero-order valence-corrected chi connectivity index (χ0v) is 17.9. The first-order chi connectivity index (χ1) is 14.0. The molecule has 0 spiro atoms. The van der Waals surface area contributed by atoms with Gasteiger partial charge in [0.05, 0.1) is 21.8 Å². The second-order valence-corrected chi connectivity index (χ2v) is 7.96. The molecule has 1 fully saturated rings. The molecule has 0 aromatic heterocycles. The van der Waals surface area contributed by atoms with Crippen molar-refractivity contribution in [2.45, 2.75) is 38.1 Å². The summed E-state index contributed by atoms with van der Waals surface area (Å²) in [6.45, 7) is 0. The van der Waals surface area contributed by atoms with E-state index in [1.54, 1.807) is 36.4 Å². The van der Waals surface area contributed by atoms with E-state index in [4.69, 9.17) is 23.8 Å². The lowest BCUT2D eigenvalue weighted by Crippen LogP contribution is -2.39. The van der Waals surface area contributed by atoms with Crippen LogP contribution < -0.4 is 10.6 Å². The Bertz CT molecular complexity index is 912. The van der Waals surface area contributed by atoms with Crippen LogP contribution in [0.3, 0.4) is 0 Å². The van der Waals surface area contributed by atoms with Crippen LogP contribution in [-0.4, -0.2) is 34.9 Å². The van der Waals surface area contributed by atoms with Crippen LogP contribution in [0.25, 0.3) is 0 Å². The lowest BCUT2D eigenvalue weighted by atomic mass is 9.94. The van der Waals surface area contributed by atoms with Crippen molar-refractivity contribution in [1.82, 2.24) is 10.2 Å². The minimum atomic E-state index is -0.406. The zero-order chi connectivity index (χ0) is 20.8. The molecule has 1 aliphatic rings. The molecule has 5 nitrogen and oxygen atoms in total. The Hall–Kier alpha value is -2.44. The van der Waals surface area contributed by atoms with E-state index in [9.17, 15) is 9.59 Å². The van der Waals surface area contributed by atoms with Crippen molar-refractivity contribution in [3.8, 4) is 0 Å². The molecule has 2 amide bonds. The van der Waals surface area contributed by atoms with Gasteiger partial charge in [0.2, 0.25) is 0 Å². The van der Waals surface area contributed by atoms with Crippen molar-refractivity contribution in [3.05, 3.63) is 64.7 Å². The topological polar surface area (TPSA) is 61.4 Å². The first kappa shape index (κ1) is 21.3. The number of hydrogen-bond acceptors (Lipinski definition) is 3. The largest absolute Gasteiger partial charge is 0.339 e. The predicted octanol–water partition coefficient (Wildman–Crippen LogP) is 4.87. The molecule has 1 aliphatic carbocycles. The maximum Gasteiger partial charge on any atom is 0.258 e. The van der Waals surface area contributed by atoms with E-state index in [1.807, 2.05) is 24.1 Å². The van der Waals surface area contributed by atoms with E-state index in [-0.39, 0.29) is 17.1 Å². The van der Waals surface area contributed by atoms with Gasteiger partial charge >= 0.3 is 0 Å². The summed E-state index contributed by atoms with van der Waals surface area (Å²) in [4.78, 5) is 27.3. The van der Waals surface area contributed by atoms with Crippen molar-refractivity contribution in [3.63, 3.8) is 0 Å². The second kappa shape index (κ2) is 9.85. The van der Waals surface area contributed by atoms with Crippen molar-refractivity contribution in [2.24, 2.45) is 0 Å². The van der Waals surface area contributed by atoms with Crippen molar-refractivity contribution >= 4 is 46.4 Å². The van der Waals surface area contributed by atoms with E-state index in [2.05, 4.69) is 10.6 Å². The number of para-hydroxylation sites is 1. The van der Waals surface area contributed by atoms with E-state index < -0.39 is 5.91 Å². The van der Waals surface area contributed by atoms with Gasteiger partial charge in [-0.25, -0.2) is 0 Å². The van der Waals surface area contributed by atoms with Crippen LogP contribution in [0.5, 0.6) is 0 Å². The fourth-order valence-electron chi connectivity index (χ4n) is 3.57. The Morgan fingerprint density at radius 2 is 1.62 bits per heavy atom. The molecule has 3 rings (SSSR count). The third kappa shape index (κ3) is 5.34. The van der Waals surface area contributed by atoms with Gasteiger partial charge in [0.15, 0.2) is 5.11 Å². The minimum absolute atomic E-state index is 0.0553. The molecule has 29 heavy (non-hydrogen) atoms. The molecule has 0 radical (unpaired) electrons. The summed E-state index contributed by atoms with van der Waals surface area (Å²) in [7, 11) is 1.85. The average Bonchev–Trinajstić information content (AvgIpc) is 2.74. The van der Waals surface area contributed by atoms with E-state index >= 15 is 0 Å². The summed E-state index contributed by atoms with van der Waals surface area (Å²) in [5.74, 6) is -0.462. The lowest BCUT2D eigenvalue weighted by Gasteiger charge is -2.31. The molecule has 2 N–H and O–H groups in total. The third-order valence-corrected chi connectivity index (χ3v) is 5.73. The maximum atomic E-state index is 13.1. The molecule has 0 heterocycles. The first-order valence-corrected chi connectivity index (χ1v) is 10.5. The lowest BCUT2D eigenvalue weighted by molar-refractivity contribution is 0.0697. The fraction of sp³-hybridized carbons (Fsp3) is 0.318. The van der Waals surface area contributed by atoms with Gasteiger partial charge in [0.25, 0.3) is 11.8 Å². The van der Waals surface area contributed by atoms with Crippen LogP contribution in [0.1, 0.15) is 52.8 Å². The number of hydrogen-bond donors (Lipinski definition) is 2. The van der Waals surface area contributed by atoms with Crippen molar-refractivity contribution < 1.29 is 9.59 Å². The number of anilines is 1. The number of nitrogens with one attached hydrogen (secondary N) is 2. The Kier molecular flexibility index (Phi) is 7.23. The highest BCUT2D eigenvalue weighted by Gasteiger charge is 2.24. The number of carbonyl (C=O) groups excluding carboxylic acids is 2. The summed E-state index contributed by atoms with van der Waals surface area (Å²) in [5, 5.41) is 6.05. The van der Waals surface area contributed by atoms with Gasteiger partial charge in [-0.2, -0.15) is 0 Å². The monoisotopic (exact) mass is 429 g/mol. The van der Waals surface area contributed by atoms with Crippen molar-refractivity contribution in [2.75, 3.05) is 12.4 Å². The summed E-state index contributed by atoms with van der Waals surface area (Å²) in [5.41, 5.74) is 1.42. The molecular formula is C22H24ClN3O2S. The van der Waals surface area contributed by atoms with Gasteiger partial charge in [-0.3, -0.25) is 14.9 Å². The van der Waals surface area contributed by atoms with Crippen LogP contribution in [0.15, 0.2) is 48.5 Å². The Morgan fingerprint density at radius 1 is 1.00 bits per heavy atom. The Labute approximate surface area is 181 Å². The molecule has 0 atom stereocenters. The van der Waals surface area contributed by atoms with Gasteiger partial charge in [-0.1, -0.05) is 55.1 Å². The standard InChI is InChI=1S/C22H24ClN3O2S/c1-26(15-9-3-2-4-10-15)21(28)17-12-6-8-14-19(17)24-22(29)25-20(27)16-11-5-7-13-18(16)23/h5-8,11-15H,2-4,9-10H2,1H3,(H2,24,25,27,29). The van der Waals surface area contributed by atoms with Gasteiger partial charge in [-0.05, 0) is 49.3 Å². The number of halogens is 1. The summed E-state index contributed by atoms with van der Waals surface area (Å²) < 4.78 is 0. The number of amides is 2. The highest BCUT2D eigenvalue weighted by Crippen LogP contribution is 2.25. The molecule has 2 aromatic rings. The minimum Gasteiger partial charge on any atom is -0.339 e. The molecule has 0 aliphatic heterocycles. The van der Waals surface area contributed by atoms with Crippen LogP contribution in [0.2, 0.25) is 5.02 Å². The molecule has 7 heteroatoms. The summed E-state index contributed by atoms with van der Waals surface area (Å²) in [6, 6.07) is 14.2. The molecule has 152 valence electrons. The normalized spacial score (nSPS) is 14.1. The summed E-state index contributed by atoms with van der Waals surface area (Å²) >= 11 is 11.3. The number of carbonyl (C=O) groups is 2. The van der Waals surface area contributed by atoms with Crippen LogP contribution in [0.4, 0.5) is 5.69 Å². The SMILES string of the molecule is CN(C(=O)c1ccccc1NC(=S)NC(=O)c1ccccc1Cl)C1CCCCC1. The molecule has 0 bridgehead atoms. The quantitative estimate of drug-likeness (QED) is 0.680. The molecule has 1 saturated carbocycles. The van der Waals surface area contributed by atoms with Crippen LogP contribution >= 0.6 is 23.8 Å². The number of rotatable bonds is 4. The van der Waals surface area contributed by atoms with Crippen LogP contribution in [0, 0.1) is 0 Å². The van der Waals surface area contributed by atoms with Gasteiger partial charge in [0, 0.05) is 13.1 Å². The van der Waals surface area contributed by atoms with Crippen molar-refractivity contribution in [1.29, 1.82) is 0 Å².